The Morgan fingerprint density at radius 3 is 1.59 bits per heavy atom. The zero-order chi connectivity index (χ0) is 22.4. The van der Waals surface area contributed by atoms with Gasteiger partial charge < -0.3 is 0 Å². The summed E-state index contributed by atoms with van der Waals surface area (Å²) in [4.78, 5) is 39.8. The Bertz CT molecular complexity index is 1240. The molecule has 7 rings (SSSR count). The van der Waals surface area contributed by atoms with Gasteiger partial charge in [-0.2, -0.15) is 0 Å². The average Bonchev–Trinajstić information content (AvgIpc) is 3.08. The molecule has 4 aliphatic rings. The van der Waals surface area contributed by atoms with Gasteiger partial charge in [0.15, 0.2) is 0 Å². The van der Waals surface area contributed by atoms with Gasteiger partial charge in [0.25, 0.3) is 5.69 Å². The summed E-state index contributed by atoms with van der Waals surface area (Å²) in [5, 5.41) is 11.3. The number of nitro benzene ring substituents is 1. The summed E-state index contributed by atoms with van der Waals surface area (Å²) in [6.07, 6.45) is 0. The minimum atomic E-state index is -0.669. The molecule has 2 atom stereocenters. The molecule has 0 spiro atoms. The van der Waals surface area contributed by atoms with E-state index in [2.05, 4.69) is 38.1 Å². The van der Waals surface area contributed by atoms with Crippen LogP contribution in [-0.2, 0) is 20.4 Å². The van der Waals surface area contributed by atoms with Crippen LogP contribution in [0.5, 0.6) is 0 Å². The zero-order valence-corrected chi connectivity index (χ0v) is 17.6. The van der Waals surface area contributed by atoms with Crippen LogP contribution in [0.1, 0.15) is 36.1 Å². The van der Waals surface area contributed by atoms with Crippen LogP contribution in [0, 0.1) is 22.0 Å². The molecule has 3 aromatic carbocycles. The van der Waals surface area contributed by atoms with Crippen LogP contribution in [-0.4, -0.2) is 16.7 Å². The molecule has 158 valence electrons. The van der Waals surface area contributed by atoms with Crippen LogP contribution in [0.3, 0.4) is 0 Å². The quantitative estimate of drug-likeness (QED) is 0.348. The second-order valence-corrected chi connectivity index (χ2v) is 9.24. The van der Waals surface area contributed by atoms with Gasteiger partial charge in [-0.1, -0.05) is 68.4 Å². The van der Waals surface area contributed by atoms with Crippen molar-refractivity contribution in [3.8, 4) is 0 Å². The SMILES string of the molecule is CC12c3ccccc3C(C)(c3ccccc31)[C@@H]1C(=O)N(c3cccc([N+](=O)[O-])c3)C(=O)[C@H]12. The number of hydrogen-bond donors (Lipinski definition) is 0. The Morgan fingerprint density at radius 1 is 0.750 bits per heavy atom. The molecule has 6 nitrogen and oxygen atoms in total. The Kier molecular flexibility index (Phi) is 3.50. The van der Waals surface area contributed by atoms with Crippen LogP contribution in [0.15, 0.2) is 72.8 Å². The van der Waals surface area contributed by atoms with Gasteiger partial charge >= 0.3 is 0 Å². The normalized spacial score (nSPS) is 29.5. The second kappa shape index (κ2) is 5.91. The number of hydrogen-bond acceptors (Lipinski definition) is 4. The minimum absolute atomic E-state index is 0.148. The number of imide groups is 1. The van der Waals surface area contributed by atoms with Gasteiger partial charge in [0.2, 0.25) is 11.8 Å². The number of rotatable bonds is 2. The fourth-order valence-corrected chi connectivity index (χ4v) is 6.57. The van der Waals surface area contributed by atoms with Gasteiger partial charge in [0, 0.05) is 23.0 Å². The van der Waals surface area contributed by atoms with E-state index in [-0.39, 0.29) is 23.2 Å². The van der Waals surface area contributed by atoms with Crippen molar-refractivity contribution in [2.45, 2.75) is 24.7 Å². The van der Waals surface area contributed by atoms with E-state index in [1.807, 2.05) is 24.3 Å². The van der Waals surface area contributed by atoms with Crippen molar-refractivity contribution in [2.75, 3.05) is 4.90 Å². The highest BCUT2D eigenvalue weighted by atomic mass is 16.6. The maximum absolute atomic E-state index is 13.9. The summed E-state index contributed by atoms with van der Waals surface area (Å²) in [5.41, 5.74) is 3.06. The van der Waals surface area contributed by atoms with Gasteiger partial charge in [-0.05, 0) is 28.3 Å². The first-order chi connectivity index (χ1) is 15.3. The standard InChI is InChI=1S/C26H20N2O4/c1-25-17-10-3-5-12-19(17)26(2,20-13-6-4-11-18(20)25)22-21(25)23(29)27(24(22)30)15-8-7-9-16(14-15)28(31)32/h3-14,21-22H,1-2H3/t21-,22-,25?,26?/m0/s1. The van der Waals surface area contributed by atoms with Gasteiger partial charge in [-0.15, -0.1) is 0 Å². The van der Waals surface area contributed by atoms with Crippen molar-refractivity contribution < 1.29 is 14.5 Å². The molecule has 6 heteroatoms. The smallest absolute Gasteiger partial charge is 0.271 e. The monoisotopic (exact) mass is 424 g/mol. The van der Waals surface area contributed by atoms with Gasteiger partial charge in [-0.25, -0.2) is 4.90 Å². The van der Waals surface area contributed by atoms with Crippen molar-refractivity contribution in [1.82, 2.24) is 0 Å². The van der Waals surface area contributed by atoms with Crippen LogP contribution >= 0.6 is 0 Å². The average molecular weight is 424 g/mol. The molecule has 0 saturated carbocycles. The van der Waals surface area contributed by atoms with E-state index in [9.17, 15) is 19.7 Å². The van der Waals surface area contributed by atoms with E-state index in [0.717, 1.165) is 22.3 Å². The molecule has 0 N–H and O–H groups in total. The van der Waals surface area contributed by atoms with Gasteiger partial charge in [0.05, 0.1) is 22.4 Å². The molecule has 2 bridgehead atoms. The highest BCUT2D eigenvalue weighted by Gasteiger charge is 2.70. The lowest BCUT2D eigenvalue weighted by molar-refractivity contribution is -0.384. The van der Waals surface area contributed by atoms with E-state index in [4.69, 9.17) is 0 Å². The van der Waals surface area contributed by atoms with E-state index < -0.39 is 27.6 Å². The zero-order valence-electron chi connectivity index (χ0n) is 17.6. The number of carbonyl (C=O) groups is 2. The number of benzene rings is 3. The van der Waals surface area contributed by atoms with Crippen LogP contribution in [0.25, 0.3) is 0 Å². The fourth-order valence-electron chi connectivity index (χ4n) is 6.57. The number of anilines is 1. The molecule has 1 aliphatic heterocycles. The predicted molar refractivity (Wildman–Crippen MR) is 118 cm³/mol. The molecule has 0 unspecified atom stereocenters. The number of amides is 2. The van der Waals surface area contributed by atoms with Crippen molar-refractivity contribution in [3.63, 3.8) is 0 Å². The minimum Gasteiger partial charge on any atom is -0.274 e. The van der Waals surface area contributed by atoms with E-state index in [1.54, 1.807) is 6.07 Å². The van der Waals surface area contributed by atoms with Crippen molar-refractivity contribution >= 4 is 23.2 Å². The molecule has 1 fully saturated rings. The molecule has 3 aromatic rings. The summed E-state index contributed by atoms with van der Waals surface area (Å²) in [6, 6.07) is 21.9. The van der Waals surface area contributed by atoms with E-state index in [1.165, 1.54) is 23.1 Å². The van der Waals surface area contributed by atoms with Gasteiger partial charge in [-0.3, -0.25) is 19.7 Å². The lowest BCUT2D eigenvalue weighted by Gasteiger charge is -2.57. The lowest BCUT2D eigenvalue weighted by atomic mass is 9.42. The first-order valence-corrected chi connectivity index (χ1v) is 10.6. The Hall–Kier alpha value is -3.80. The molecule has 3 aliphatic carbocycles. The highest BCUT2D eigenvalue weighted by molar-refractivity contribution is 6.24. The lowest BCUT2D eigenvalue weighted by Crippen LogP contribution is -2.59. The highest BCUT2D eigenvalue weighted by Crippen LogP contribution is 2.66. The van der Waals surface area contributed by atoms with Crippen LogP contribution in [0.2, 0.25) is 0 Å². The van der Waals surface area contributed by atoms with Gasteiger partial charge in [0.1, 0.15) is 0 Å². The Balaban J connectivity index is 1.63. The predicted octanol–water partition coefficient (Wildman–Crippen LogP) is 4.34. The Labute approximate surface area is 184 Å². The Morgan fingerprint density at radius 2 is 1.19 bits per heavy atom. The number of carbonyl (C=O) groups excluding carboxylic acids is 2. The topological polar surface area (TPSA) is 80.5 Å². The summed E-state index contributed by atoms with van der Waals surface area (Å²) in [5.74, 6) is -1.75. The number of nitro groups is 1. The third kappa shape index (κ3) is 1.96. The summed E-state index contributed by atoms with van der Waals surface area (Å²) in [7, 11) is 0. The van der Waals surface area contributed by atoms with Crippen molar-refractivity contribution in [3.05, 3.63) is 105 Å². The summed E-state index contributed by atoms with van der Waals surface area (Å²) in [6.45, 7) is 4.12. The third-order valence-electron chi connectivity index (χ3n) is 7.94. The first-order valence-electron chi connectivity index (χ1n) is 10.6. The number of non-ortho nitro benzene ring substituents is 1. The largest absolute Gasteiger partial charge is 0.274 e. The van der Waals surface area contributed by atoms with Crippen molar-refractivity contribution in [1.29, 1.82) is 0 Å². The molecular weight excluding hydrogens is 404 g/mol. The second-order valence-electron chi connectivity index (χ2n) is 9.24. The summed E-state index contributed by atoms with van der Waals surface area (Å²) >= 11 is 0. The fraction of sp³-hybridized carbons (Fsp3) is 0.231. The first kappa shape index (κ1) is 18.9. The number of nitrogens with zero attached hydrogens (tertiary/aromatic N) is 2. The van der Waals surface area contributed by atoms with Crippen LogP contribution in [0.4, 0.5) is 11.4 Å². The molecule has 1 saturated heterocycles. The van der Waals surface area contributed by atoms with Crippen molar-refractivity contribution in [2.24, 2.45) is 11.8 Å². The molecule has 32 heavy (non-hydrogen) atoms. The molecular formula is C26H20N2O4. The van der Waals surface area contributed by atoms with E-state index in [0.29, 0.717) is 0 Å². The van der Waals surface area contributed by atoms with E-state index >= 15 is 0 Å². The maximum Gasteiger partial charge on any atom is 0.271 e. The molecule has 0 radical (unpaired) electrons. The third-order valence-corrected chi connectivity index (χ3v) is 7.94. The molecule has 2 amide bonds. The maximum atomic E-state index is 13.9. The molecule has 1 heterocycles. The molecule has 0 aromatic heterocycles. The summed E-state index contributed by atoms with van der Waals surface area (Å²) < 4.78 is 0. The van der Waals surface area contributed by atoms with Crippen LogP contribution < -0.4 is 4.90 Å².